The molecular formula is C16H26N2. The summed E-state index contributed by atoms with van der Waals surface area (Å²) in [6.45, 7) is 11.8. The fourth-order valence-corrected chi connectivity index (χ4v) is 2.71. The van der Waals surface area contributed by atoms with Gasteiger partial charge in [-0.3, -0.25) is 0 Å². The molecule has 1 heterocycles. The molecular weight excluding hydrogens is 220 g/mol. The van der Waals surface area contributed by atoms with Crippen LogP contribution in [0.25, 0.3) is 0 Å². The molecule has 2 heteroatoms. The second-order valence-corrected chi connectivity index (χ2v) is 6.21. The van der Waals surface area contributed by atoms with Gasteiger partial charge in [-0.25, -0.2) is 0 Å². The maximum atomic E-state index is 2.58. The van der Waals surface area contributed by atoms with Crippen molar-refractivity contribution in [2.45, 2.75) is 39.2 Å². The second kappa shape index (κ2) is 5.75. The molecule has 0 aliphatic carbocycles. The molecule has 1 aliphatic rings. The van der Waals surface area contributed by atoms with Gasteiger partial charge in [0.15, 0.2) is 0 Å². The molecule has 0 bridgehead atoms. The average molecular weight is 246 g/mol. The number of benzene rings is 1. The molecule has 0 aromatic heterocycles. The minimum atomic E-state index is 0.182. The molecule has 0 radical (unpaired) electrons. The van der Waals surface area contributed by atoms with Gasteiger partial charge in [-0.1, -0.05) is 18.2 Å². The molecule has 2 rings (SSSR count). The van der Waals surface area contributed by atoms with Crippen LogP contribution in [0.5, 0.6) is 0 Å². The minimum Gasteiger partial charge on any atom is -0.365 e. The summed E-state index contributed by atoms with van der Waals surface area (Å²) in [5.41, 5.74) is 1.52. The first-order valence-corrected chi connectivity index (χ1v) is 7.12. The Balaban J connectivity index is 2.01. The van der Waals surface area contributed by atoms with Crippen molar-refractivity contribution in [2.75, 3.05) is 31.1 Å². The van der Waals surface area contributed by atoms with E-state index in [-0.39, 0.29) is 5.54 Å². The van der Waals surface area contributed by atoms with E-state index in [0.717, 1.165) is 6.54 Å². The van der Waals surface area contributed by atoms with E-state index < -0.39 is 0 Å². The topological polar surface area (TPSA) is 6.48 Å². The Morgan fingerprint density at radius 1 is 1.06 bits per heavy atom. The third-order valence-electron chi connectivity index (χ3n) is 3.72. The zero-order valence-electron chi connectivity index (χ0n) is 12.0. The van der Waals surface area contributed by atoms with E-state index in [0.29, 0.717) is 0 Å². The first-order valence-electron chi connectivity index (χ1n) is 7.12. The van der Waals surface area contributed by atoms with Gasteiger partial charge in [-0.15, -0.1) is 0 Å². The molecule has 2 nitrogen and oxygen atoms in total. The number of hydrogen-bond acceptors (Lipinski definition) is 2. The van der Waals surface area contributed by atoms with Crippen LogP contribution in [-0.4, -0.2) is 36.6 Å². The summed E-state index contributed by atoms with van der Waals surface area (Å²) >= 11 is 0. The van der Waals surface area contributed by atoms with Crippen molar-refractivity contribution in [3.8, 4) is 0 Å². The van der Waals surface area contributed by atoms with Gasteiger partial charge in [0.2, 0.25) is 0 Å². The first-order chi connectivity index (χ1) is 8.57. The summed E-state index contributed by atoms with van der Waals surface area (Å²) < 4.78 is 0. The normalized spacial score (nSPS) is 17.1. The summed E-state index contributed by atoms with van der Waals surface area (Å²) in [4.78, 5) is 5.10. The summed E-state index contributed by atoms with van der Waals surface area (Å²) in [6, 6.07) is 10.8. The molecule has 1 aromatic carbocycles. The maximum absolute atomic E-state index is 2.58. The Morgan fingerprint density at radius 3 is 2.22 bits per heavy atom. The van der Waals surface area contributed by atoms with Crippen molar-refractivity contribution >= 4 is 5.69 Å². The van der Waals surface area contributed by atoms with Crippen LogP contribution in [0.2, 0.25) is 0 Å². The number of anilines is 1. The molecule has 1 saturated heterocycles. The highest BCUT2D eigenvalue weighted by Gasteiger charge is 2.22. The van der Waals surface area contributed by atoms with Gasteiger partial charge in [0.05, 0.1) is 0 Å². The molecule has 1 aliphatic heterocycles. The van der Waals surface area contributed by atoms with Crippen LogP contribution in [0.4, 0.5) is 5.69 Å². The van der Waals surface area contributed by atoms with Gasteiger partial charge >= 0.3 is 0 Å². The third-order valence-corrected chi connectivity index (χ3v) is 3.72. The average Bonchev–Trinajstić information content (AvgIpc) is 2.82. The third kappa shape index (κ3) is 3.49. The van der Waals surface area contributed by atoms with E-state index in [1.165, 1.54) is 38.2 Å². The lowest BCUT2D eigenvalue weighted by atomic mass is 10.0. The zero-order valence-corrected chi connectivity index (χ0v) is 12.0. The summed E-state index contributed by atoms with van der Waals surface area (Å²) in [5, 5.41) is 0. The van der Waals surface area contributed by atoms with Crippen LogP contribution in [0.1, 0.15) is 33.6 Å². The molecule has 100 valence electrons. The molecule has 18 heavy (non-hydrogen) atoms. The molecule has 0 saturated carbocycles. The first kappa shape index (κ1) is 13.4. The number of para-hydroxylation sites is 1. The van der Waals surface area contributed by atoms with E-state index in [2.05, 4.69) is 60.9 Å². The van der Waals surface area contributed by atoms with Crippen LogP contribution in [0.3, 0.4) is 0 Å². The van der Waals surface area contributed by atoms with Crippen molar-refractivity contribution in [3.05, 3.63) is 30.3 Å². The summed E-state index contributed by atoms with van der Waals surface area (Å²) in [7, 11) is 0. The van der Waals surface area contributed by atoms with E-state index in [9.17, 15) is 0 Å². The number of likely N-dealkylation sites (tertiary alicyclic amines) is 1. The smallest absolute Gasteiger partial charge is 0.0370 e. The SMILES string of the molecule is CC(C)(C)N(CCN1CCCC1)c1ccccc1. The molecule has 1 fully saturated rings. The largest absolute Gasteiger partial charge is 0.365 e. The molecule has 0 unspecified atom stereocenters. The van der Waals surface area contributed by atoms with Crippen molar-refractivity contribution in [1.82, 2.24) is 4.90 Å². The number of nitrogens with zero attached hydrogens (tertiary/aromatic N) is 2. The summed E-state index contributed by atoms with van der Waals surface area (Å²) in [5.74, 6) is 0. The van der Waals surface area contributed by atoms with Gasteiger partial charge in [0, 0.05) is 24.3 Å². The Kier molecular flexibility index (Phi) is 4.28. The van der Waals surface area contributed by atoms with Crippen LogP contribution < -0.4 is 4.90 Å². The lowest BCUT2D eigenvalue weighted by molar-refractivity contribution is 0.332. The Bertz CT molecular complexity index is 347. The van der Waals surface area contributed by atoms with Crippen molar-refractivity contribution in [3.63, 3.8) is 0 Å². The highest BCUT2D eigenvalue weighted by molar-refractivity contribution is 5.48. The quantitative estimate of drug-likeness (QED) is 0.803. The maximum Gasteiger partial charge on any atom is 0.0370 e. The van der Waals surface area contributed by atoms with E-state index in [1.54, 1.807) is 0 Å². The number of rotatable bonds is 4. The van der Waals surface area contributed by atoms with Gasteiger partial charge in [0.1, 0.15) is 0 Å². The van der Waals surface area contributed by atoms with Crippen LogP contribution in [0.15, 0.2) is 30.3 Å². The predicted molar refractivity (Wildman–Crippen MR) is 79.2 cm³/mol. The van der Waals surface area contributed by atoms with Crippen molar-refractivity contribution < 1.29 is 0 Å². The predicted octanol–water partition coefficient (Wildman–Crippen LogP) is 3.39. The Hall–Kier alpha value is -1.02. The number of hydrogen-bond donors (Lipinski definition) is 0. The fraction of sp³-hybridized carbons (Fsp3) is 0.625. The highest BCUT2D eigenvalue weighted by atomic mass is 15.2. The van der Waals surface area contributed by atoms with Gasteiger partial charge in [-0.2, -0.15) is 0 Å². The lowest BCUT2D eigenvalue weighted by Gasteiger charge is -2.38. The van der Waals surface area contributed by atoms with Crippen LogP contribution in [-0.2, 0) is 0 Å². The van der Waals surface area contributed by atoms with E-state index in [4.69, 9.17) is 0 Å². The van der Waals surface area contributed by atoms with Crippen LogP contribution in [0, 0.1) is 0 Å². The van der Waals surface area contributed by atoms with Crippen molar-refractivity contribution in [1.29, 1.82) is 0 Å². The van der Waals surface area contributed by atoms with E-state index >= 15 is 0 Å². The standard InChI is InChI=1S/C16H26N2/c1-16(2,3)18(15-9-5-4-6-10-15)14-13-17-11-7-8-12-17/h4-6,9-10H,7-8,11-14H2,1-3H3. The van der Waals surface area contributed by atoms with E-state index in [1.807, 2.05) is 0 Å². The zero-order chi connectivity index (χ0) is 13.0. The van der Waals surface area contributed by atoms with Crippen LogP contribution >= 0.6 is 0 Å². The fourth-order valence-electron chi connectivity index (χ4n) is 2.71. The molecule has 0 amide bonds. The molecule has 1 aromatic rings. The lowest BCUT2D eigenvalue weighted by Crippen LogP contribution is -2.45. The Labute approximate surface area is 112 Å². The van der Waals surface area contributed by atoms with Gasteiger partial charge in [-0.05, 0) is 58.8 Å². The monoisotopic (exact) mass is 246 g/mol. The molecule has 0 atom stereocenters. The highest BCUT2D eigenvalue weighted by Crippen LogP contribution is 2.23. The second-order valence-electron chi connectivity index (χ2n) is 6.21. The Morgan fingerprint density at radius 2 is 1.67 bits per heavy atom. The minimum absolute atomic E-state index is 0.182. The van der Waals surface area contributed by atoms with Gasteiger partial charge < -0.3 is 9.80 Å². The molecule has 0 N–H and O–H groups in total. The van der Waals surface area contributed by atoms with Crippen molar-refractivity contribution in [2.24, 2.45) is 0 Å². The van der Waals surface area contributed by atoms with Gasteiger partial charge in [0.25, 0.3) is 0 Å². The summed E-state index contributed by atoms with van der Waals surface area (Å²) in [6.07, 6.45) is 2.75. The molecule has 0 spiro atoms.